The summed E-state index contributed by atoms with van der Waals surface area (Å²) in [6, 6.07) is 9.94. The molecule has 0 saturated carbocycles. The number of fused-ring (bicyclic) bond motifs is 1. The number of nitrogens with zero attached hydrogens (tertiary/aromatic N) is 3. The van der Waals surface area contributed by atoms with Gasteiger partial charge in [-0.15, -0.1) is 0 Å². The Labute approximate surface area is 155 Å². The molecule has 0 aliphatic carbocycles. The minimum absolute atomic E-state index is 0.0430. The molecule has 1 saturated heterocycles. The lowest BCUT2D eigenvalue weighted by Gasteiger charge is -2.36. The Hall–Kier alpha value is -3.22. The molecule has 0 spiro atoms. The van der Waals surface area contributed by atoms with E-state index in [1.54, 1.807) is 35.5 Å². The summed E-state index contributed by atoms with van der Waals surface area (Å²) in [5, 5.41) is 0. The molecule has 1 fully saturated rings. The molecule has 7 heteroatoms. The maximum atomic E-state index is 14.3. The van der Waals surface area contributed by atoms with E-state index in [-0.39, 0.29) is 11.7 Å². The molecule has 1 aliphatic rings. The minimum Gasteiger partial charge on any atom is -0.366 e. The summed E-state index contributed by atoms with van der Waals surface area (Å²) in [5.74, 6) is -0.615. The van der Waals surface area contributed by atoms with Crippen LogP contribution in [0.15, 0.2) is 42.7 Å². The highest BCUT2D eigenvalue weighted by Crippen LogP contribution is 2.23. The second-order valence-electron chi connectivity index (χ2n) is 6.64. The van der Waals surface area contributed by atoms with Crippen LogP contribution >= 0.6 is 0 Å². The molecule has 6 nitrogen and oxygen atoms in total. The van der Waals surface area contributed by atoms with Gasteiger partial charge in [0, 0.05) is 37.3 Å². The average Bonchev–Trinajstić information content (AvgIpc) is 3.15. The summed E-state index contributed by atoms with van der Waals surface area (Å²) in [7, 11) is 0. The van der Waals surface area contributed by atoms with E-state index in [9.17, 15) is 14.0 Å². The highest BCUT2D eigenvalue weighted by molar-refractivity contribution is 5.97. The van der Waals surface area contributed by atoms with Crippen molar-refractivity contribution in [2.45, 2.75) is 6.92 Å². The van der Waals surface area contributed by atoms with E-state index in [1.165, 1.54) is 13.0 Å². The van der Waals surface area contributed by atoms with Crippen LogP contribution in [0.2, 0.25) is 0 Å². The van der Waals surface area contributed by atoms with E-state index in [4.69, 9.17) is 0 Å². The number of rotatable bonds is 3. The molecule has 3 aromatic rings. The zero-order valence-corrected chi connectivity index (χ0v) is 14.9. The smallest absolute Gasteiger partial charge is 0.254 e. The number of aromatic nitrogens is 2. The second-order valence-corrected chi connectivity index (χ2v) is 6.64. The first kappa shape index (κ1) is 17.2. The van der Waals surface area contributed by atoms with Gasteiger partial charge in [0.25, 0.3) is 5.91 Å². The Morgan fingerprint density at radius 2 is 1.78 bits per heavy atom. The van der Waals surface area contributed by atoms with E-state index in [2.05, 4.69) is 9.97 Å². The van der Waals surface area contributed by atoms with Gasteiger partial charge in [0.1, 0.15) is 5.82 Å². The summed E-state index contributed by atoms with van der Waals surface area (Å²) in [4.78, 5) is 35.0. The van der Waals surface area contributed by atoms with Crippen LogP contribution in [-0.4, -0.2) is 52.7 Å². The number of amides is 1. The number of halogens is 1. The number of nitrogens with one attached hydrogen (secondary N) is 1. The fourth-order valence-electron chi connectivity index (χ4n) is 3.38. The van der Waals surface area contributed by atoms with Crippen molar-refractivity contribution in [1.29, 1.82) is 0 Å². The van der Waals surface area contributed by atoms with Gasteiger partial charge in [-0.05, 0) is 43.3 Å². The molecule has 1 aliphatic heterocycles. The number of hydrogen-bond donors (Lipinski definition) is 1. The molecule has 2 aromatic carbocycles. The lowest BCUT2D eigenvalue weighted by molar-refractivity contribution is 0.0746. The van der Waals surface area contributed by atoms with Gasteiger partial charge in [-0.3, -0.25) is 9.59 Å². The summed E-state index contributed by atoms with van der Waals surface area (Å²) < 4.78 is 14.3. The van der Waals surface area contributed by atoms with Gasteiger partial charge in [0.15, 0.2) is 5.78 Å². The molecule has 1 aromatic heterocycles. The van der Waals surface area contributed by atoms with E-state index in [0.29, 0.717) is 43.0 Å². The van der Waals surface area contributed by atoms with Crippen LogP contribution in [0.4, 0.5) is 10.1 Å². The van der Waals surface area contributed by atoms with Crippen LogP contribution in [-0.2, 0) is 0 Å². The van der Waals surface area contributed by atoms with E-state index in [1.807, 2.05) is 11.0 Å². The van der Waals surface area contributed by atoms with Crippen molar-refractivity contribution in [3.05, 3.63) is 59.7 Å². The molecule has 2 heterocycles. The number of H-pyrrole nitrogens is 1. The van der Waals surface area contributed by atoms with Crippen molar-refractivity contribution in [2.75, 3.05) is 31.1 Å². The van der Waals surface area contributed by atoms with Crippen LogP contribution in [0.1, 0.15) is 27.6 Å². The van der Waals surface area contributed by atoms with Gasteiger partial charge in [-0.25, -0.2) is 9.37 Å². The normalized spacial score (nSPS) is 14.6. The number of anilines is 1. The van der Waals surface area contributed by atoms with E-state index in [0.717, 1.165) is 11.0 Å². The Morgan fingerprint density at radius 3 is 2.48 bits per heavy atom. The maximum absolute atomic E-state index is 14.3. The third-order valence-corrected chi connectivity index (χ3v) is 4.93. The number of benzene rings is 2. The quantitative estimate of drug-likeness (QED) is 0.724. The van der Waals surface area contributed by atoms with Crippen LogP contribution < -0.4 is 4.90 Å². The van der Waals surface area contributed by atoms with Gasteiger partial charge in [0.05, 0.1) is 23.0 Å². The molecule has 27 heavy (non-hydrogen) atoms. The number of carbonyl (C=O) groups is 2. The molecule has 1 N–H and O–H groups in total. The summed E-state index contributed by atoms with van der Waals surface area (Å²) in [5.41, 5.74) is 3.08. The standard InChI is InChI=1S/C20H19FN4O2/c1-13(26)14-3-5-19(16(21)10-14)24-6-8-25(9-7-24)20(27)15-2-4-17-18(11-15)23-12-22-17/h2-5,10-12H,6-9H2,1H3,(H,22,23). The van der Waals surface area contributed by atoms with Gasteiger partial charge < -0.3 is 14.8 Å². The molecule has 0 atom stereocenters. The van der Waals surface area contributed by atoms with Crippen LogP contribution in [0.5, 0.6) is 0 Å². The lowest BCUT2D eigenvalue weighted by Crippen LogP contribution is -2.49. The van der Waals surface area contributed by atoms with Gasteiger partial charge in [-0.1, -0.05) is 0 Å². The van der Waals surface area contributed by atoms with Crippen molar-refractivity contribution in [3.8, 4) is 0 Å². The molecule has 1 amide bonds. The van der Waals surface area contributed by atoms with Gasteiger partial charge >= 0.3 is 0 Å². The van der Waals surface area contributed by atoms with Crippen molar-refractivity contribution in [3.63, 3.8) is 0 Å². The Kier molecular flexibility index (Phi) is 4.35. The molecule has 0 bridgehead atoms. The number of Topliss-reactive ketones (excluding diaryl/α,β-unsaturated/α-hetero) is 1. The number of piperazine rings is 1. The lowest BCUT2D eigenvalue weighted by atomic mass is 10.1. The first-order valence-electron chi connectivity index (χ1n) is 8.81. The van der Waals surface area contributed by atoms with Crippen LogP contribution in [0.25, 0.3) is 11.0 Å². The average molecular weight is 366 g/mol. The van der Waals surface area contributed by atoms with Crippen molar-refractivity contribution in [1.82, 2.24) is 14.9 Å². The first-order chi connectivity index (χ1) is 13.0. The Morgan fingerprint density at radius 1 is 1.04 bits per heavy atom. The molecule has 138 valence electrons. The number of aromatic amines is 1. The Balaban J connectivity index is 1.45. The fraction of sp³-hybridized carbons (Fsp3) is 0.250. The highest BCUT2D eigenvalue weighted by Gasteiger charge is 2.24. The van der Waals surface area contributed by atoms with Gasteiger partial charge in [-0.2, -0.15) is 0 Å². The predicted octanol–water partition coefficient (Wildman–Crippen LogP) is 2.87. The topological polar surface area (TPSA) is 69.3 Å². The molecule has 0 radical (unpaired) electrons. The van der Waals surface area contributed by atoms with Crippen molar-refractivity contribution >= 4 is 28.4 Å². The molecule has 0 unspecified atom stereocenters. The first-order valence-corrected chi connectivity index (χ1v) is 8.81. The molecular weight excluding hydrogens is 347 g/mol. The zero-order chi connectivity index (χ0) is 19.0. The monoisotopic (exact) mass is 366 g/mol. The largest absolute Gasteiger partial charge is 0.366 e. The molecular formula is C20H19FN4O2. The number of imidazole rings is 1. The molecule has 4 rings (SSSR count). The van der Waals surface area contributed by atoms with Gasteiger partial charge in [0.2, 0.25) is 0 Å². The number of ketones is 1. The number of hydrogen-bond acceptors (Lipinski definition) is 4. The third kappa shape index (κ3) is 3.28. The minimum atomic E-state index is -0.410. The van der Waals surface area contributed by atoms with Crippen LogP contribution in [0.3, 0.4) is 0 Å². The maximum Gasteiger partial charge on any atom is 0.254 e. The second kappa shape index (κ2) is 6.83. The zero-order valence-electron chi connectivity index (χ0n) is 14.9. The van der Waals surface area contributed by atoms with Crippen molar-refractivity contribution < 1.29 is 14.0 Å². The Bertz CT molecular complexity index is 1020. The third-order valence-electron chi connectivity index (χ3n) is 4.93. The van der Waals surface area contributed by atoms with E-state index < -0.39 is 5.82 Å². The fourth-order valence-corrected chi connectivity index (χ4v) is 3.38. The van der Waals surface area contributed by atoms with Crippen LogP contribution in [0, 0.1) is 5.82 Å². The highest BCUT2D eigenvalue weighted by atomic mass is 19.1. The van der Waals surface area contributed by atoms with E-state index >= 15 is 0 Å². The predicted molar refractivity (Wildman–Crippen MR) is 101 cm³/mol. The summed E-state index contributed by atoms with van der Waals surface area (Å²) >= 11 is 0. The summed E-state index contributed by atoms with van der Waals surface area (Å²) in [6.07, 6.45) is 1.60. The SMILES string of the molecule is CC(=O)c1ccc(N2CCN(C(=O)c3ccc4nc[nH]c4c3)CC2)c(F)c1. The summed E-state index contributed by atoms with van der Waals surface area (Å²) in [6.45, 7) is 3.50. The number of carbonyl (C=O) groups excluding carboxylic acids is 2. The van der Waals surface area contributed by atoms with Crippen molar-refractivity contribution in [2.24, 2.45) is 0 Å².